The van der Waals surface area contributed by atoms with Crippen LogP contribution in [0.5, 0.6) is 0 Å². The lowest BCUT2D eigenvalue weighted by Crippen LogP contribution is -2.26. The highest BCUT2D eigenvalue weighted by Gasteiger charge is 2.17. The third-order valence-electron chi connectivity index (χ3n) is 3.83. The van der Waals surface area contributed by atoms with Crippen molar-refractivity contribution in [1.82, 2.24) is 5.32 Å². The van der Waals surface area contributed by atoms with Crippen molar-refractivity contribution in [2.24, 2.45) is 0 Å². The van der Waals surface area contributed by atoms with Gasteiger partial charge in [0, 0.05) is 24.9 Å². The Morgan fingerprint density at radius 1 is 1.19 bits per heavy atom. The Balaban J connectivity index is 2.59. The summed E-state index contributed by atoms with van der Waals surface area (Å²) in [5.74, 6) is -1.25. The van der Waals surface area contributed by atoms with Crippen molar-refractivity contribution in [2.75, 3.05) is 11.9 Å². The number of carboxylic acids is 1. The molecule has 0 aromatic heterocycles. The van der Waals surface area contributed by atoms with Crippen LogP contribution in [0, 0.1) is 11.3 Å². The fraction of sp³-hybridized carbons (Fsp3) is 0.450. The number of hydrogen-bond acceptors (Lipinski definition) is 4. The predicted molar refractivity (Wildman–Crippen MR) is 102 cm³/mol. The third kappa shape index (κ3) is 7.39. The molecule has 0 bridgehead atoms. The minimum atomic E-state index is -0.814. The zero-order chi connectivity index (χ0) is 19.6. The lowest BCUT2D eigenvalue weighted by Gasteiger charge is -2.22. The summed E-state index contributed by atoms with van der Waals surface area (Å²) in [6.07, 6.45) is 3.53. The lowest BCUT2D eigenvalue weighted by atomic mass is 9.86. The van der Waals surface area contributed by atoms with Gasteiger partial charge >= 0.3 is 5.97 Å². The molecule has 140 valence electrons. The summed E-state index contributed by atoms with van der Waals surface area (Å²) in [7, 11) is 0. The van der Waals surface area contributed by atoms with Crippen LogP contribution in [0.2, 0.25) is 0 Å². The number of aliphatic carboxylic acids is 1. The monoisotopic (exact) mass is 357 g/mol. The molecule has 1 aromatic rings. The number of nitrogens with one attached hydrogen (secondary N) is 2. The second kappa shape index (κ2) is 10.2. The first kappa shape index (κ1) is 21.2. The van der Waals surface area contributed by atoms with E-state index < -0.39 is 11.9 Å². The first-order chi connectivity index (χ1) is 12.3. The molecule has 0 aliphatic heterocycles. The van der Waals surface area contributed by atoms with Gasteiger partial charge in [-0.25, -0.2) is 0 Å². The molecule has 0 atom stereocenters. The van der Waals surface area contributed by atoms with Crippen molar-refractivity contribution < 1.29 is 14.7 Å². The van der Waals surface area contributed by atoms with Crippen LogP contribution >= 0.6 is 0 Å². The second-order valence-electron chi connectivity index (χ2n) is 7.07. The van der Waals surface area contributed by atoms with Crippen LogP contribution < -0.4 is 10.6 Å². The largest absolute Gasteiger partial charge is 0.481 e. The number of hydrogen-bond donors (Lipinski definition) is 3. The molecule has 0 saturated carbocycles. The average Bonchev–Trinajstić information content (AvgIpc) is 2.57. The Morgan fingerprint density at radius 2 is 1.88 bits per heavy atom. The van der Waals surface area contributed by atoms with E-state index in [0.29, 0.717) is 19.4 Å². The maximum atomic E-state index is 12.1. The third-order valence-corrected chi connectivity index (χ3v) is 3.83. The Bertz CT molecular complexity index is 697. The maximum Gasteiger partial charge on any atom is 0.303 e. The topological polar surface area (TPSA) is 102 Å². The number of carbonyl (C=O) groups excluding carboxylic acids is 1. The highest BCUT2D eigenvalue weighted by molar-refractivity contribution is 5.97. The van der Waals surface area contributed by atoms with Gasteiger partial charge in [-0.15, -0.1) is 0 Å². The van der Waals surface area contributed by atoms with Crippen LogP contribution in [0.4, 0.5) is 5.69 Å². The van der Waals surface area contributed by atoms with Crippen LogP contribution in [-0.2, 0) is 15.0 Å². The van der Waals surface area contributed by atoms with Crippen LogP contribution in [-0.4, -0.2) is 23.5 Å². The van der Waals surface area contributed by atoms with E-state index in [9.17, 15) is 14.9 Å². The highest BCUT2D eigenvalue weighted by Crippen LogP contribution is 2.29. The number of rotatable bonds is 9. The van der Waals surface area contributed by atoms with Crippen LogP contribution in [0.1, 0.15) is 52.0 Å². The fourth-order valence-electron chi connectivity index (χ4n) is 2.44. The van der Waals surface area contributed by atoms with E-state index in [1.807, 2.05) is 30.3 Å². The van der Waals surface area contributed by atoms with Gasteiger partial charge in [0.05, 0.1) is 0 Å². The molecule has 0 saturated heterocycles. The Kier molecular flexibility index (Phi) is 8.36. The van der Waals surface area contributed by atoms with Gasteiger partial charge < -0.3 is 15.7 Å². The lowest BCUT2D eigenvalue weighted by molar-refractivity contribution is -0.137. The Morgan fingerprint density at radius 3 is 2.50 bits per heavy atom. The van der Waals surface area contributed by atoms with E-state index in [1.54, 1.807) is 0 Å². The molecule has 1 amide bonds. The molecule has 0 unspecified atom stereocenters. The number of para-hydroxylation sites is 1. The van der Waals surface area contributed by atoms with Gasteiger partial charge in [-0.2, -0.15) is 5.26 Å². The van der Waals surface area contributed by atoms with Crippen molar-refractivity contribution in [3.63, 3.8) is 0 Å². The minimum Gasteiger partial charge on any atom is -0.481 e. The van der Waals surface area contributed by atoms with Gasteiger partial charge in [-0.3, -0.25) is 9.59 Å². The molecule has 0 aliphatic rings. The van der Waals surface area contributed by atoms with Gasteiger partial charge in [0.2, 0.25) is 0 Å². The quantitative estimate of drug-likeness (QED) is 0.356. The first-order valence-electron chi connectivity index (χ1n) is 8.72. The highest BCUT2D eigenvalue weighted by atomic mass is 16.4. The van der Waals surface area contributed by atoms with Crippen molar-refractivity contribution in [2.45, 2.75) is 51.9 Å². The molecular formula is C20H27N3O3. The van der Waals surface area contributed by atoms with Crippen LogP contribution in [0.3, 0.4) is 0 Å². The summed E-state index contributed by atoms with van der Waals surface area (Å²) >= 11 is 0. The van der Waals surface area contributed by atoms with Gasteiger partial charge in [0.1, 0.15) is 11.6 Å². The molecule has 0 aliphatic carbocycles. The number of anilines is 1. The van der Waals surface area contributed by atoms with E-state index in [0.717, 1.165) is 17.7 Å². The molecule has 6 heteroatoms. The number of carboxylic acid groups (broad SMARTS) is 1. The molecule has 0 heterocycles. The number of unbranched alkanes of at least 4 members (excludes halogenated alkanes) is 2. The van der Waals surface area contributed by atoms with Gasteiger partial charge in [0.15, 0.2) is 0 Å². The Labute approximate surface area is 154 Å². The van der Waals surface area contributed by atoms with E-state index in [-0.39, 0.29) is 17.4 Å². The van der Waals surface area contributed by atoms with Crippen molar-refractivity contribution in [3.8, 4) is 6.07 Å². The van der Waals surface area contributed by atoms with Crippen LogP contribution in [0.25, 0.3) is 0 Å². The van der Waals surface area contributed by atoms with E-state index in [2.05, 4.69) is 31.4 Å². The molecule has 1 aromatic carbocycles. The smallest absolute Gasteiger partial charge is 0.303 e. The maximum absolute atomic E-state index is 12.1. The zero-order valence-corrected chi connectivity index (χ0v) is 15.6. The predicted octanol–water partition coefficient (Wildman–Crippen LogP) is 3.56. The summed E-state index contributed by atoms with van der Waals surface area (Å²) in [6.45, 7) is 6.70. The Hall–Kier alpha value is -2.81. The number of nitriles is 1. The second-order valence-corrected chi connectivity index (χ2v) is 7.07. The standard InChI is InChI=1S/C20H27N3O3/c1-20(2,3)16-9-6-7-10-17(16)23-14-15(13-21)19(26)22-12-8-4-5-11-18(24)25/h6-7,9-10,14,23H,4-5,8,11-12H2,1-3H3,(H,22,26)(H,24,25)/b15-14-. The molecular weight excluding hydrogens is 330 g/mol. The number of benzene rings is 1. The van der Waals surface area contributed by atoms with E-state index in [4.69, 9.17) is 5.11 Å². The summed E-state index contributed by atoms with van der Waals surface area (Å²) in [5.41, 5.74) is 1.88. The SMILES string of the molecule is CC(C)(C)c1ccccc1N/C=C(/C#N)C(=O)NCCCCCC(=O)O. The fourth-order valence-corrected chi connectivity index (χ4v) is 2.44. The van der Waals surface area contributed by atoms with E-state index in [1.165, 1.54) is 6.20 Å². The van der Waals surface area contributed by atoms with E-state index >= 15 is 0 Å². The van der Waals surface area contributed by atoms with Crippen molar-refractivity contribution in [3.05, 3.63) is 41.6 Å². The molecule has 0 radical (unpaired) electrons. The molecule has 26 heavy (non-hydrogen) atoms. The summed E-state index contributed by atoms with van der Waals surface area (Å²) in [5, 5.41) is 23.5. The normalized spacial score (nSPS) is 11.5. The molecule has 1 rings (SSSR count). The number of nitrogens with zero attached hydrogens (tertiary/aromatic N) is 1. The van der Waals surface area contributed by atoms with Crippen LogP contribution in [0.15, 0.2) is 36.0 Å². The molecule has 0 fully saturated rings. The number of amides is 1. The van der Waals surface area contributed by atoms with Crippen molar-refractivity contribution in [1.29, 1.82) is 5.26 Å². The number of carbonyl (C=O) groups is 2. The summed E-state index contributed by atoms with van der Waals surface area (Å²) in [4.78, 5) is 22.5. The first-order valence-corrected chi connectivity index (χ1v) is 8.72. The molecule has 3 N–H and O–H groups in total. The zero-order valence-electron chi connectivity index (χ0n) is 15.6. The van der Waals surface area contributed by atoms with Gasteiger partial charge in [-0.05, 0) is 29.9 Å². The average molecular weight is 357 g/mol. The van der Waals surface area contributed by atoms with Gasteiger partial charge in [0.25, 0.3) is 5.91 Å². The summed E-state index contributed by atoms with van der Waals surface area (Å²) < 4.78 is 0. The van der Waals surface area contributed by atoms with Gasteiger partial charge in [-0.1, -0.05) is 45.4 Å². The molecule has 6 nitrogen and oxygen atoms in total. The summed E-state index contributed by atoms with van der Waals surface area (Å²) in [6, 6.07) is 9.68. The minimum absolute atomic E-state index is 0.000696. The van der Waals surface area contributed by atoms with Crippen molar-refractivity contribution >= 4 is 17.6 Å². The molecule has 0 spiro atoms.